The van der Waals surface area contributed by atoms with E-state index in [1.54, 1.807) is 0 Å². The van der Waals surface area contributed by atoms with Gasteiger partial charge in [0.15, 0.2) is 0 Å². The van der Waals surface area contributed by atoms with Crippen molar-refractivity contribution in [2.45, 2.75) is 25.9 Å². The molecule has 9 heteroatoms. The van der Waals surface area contributed by atoms with Gasteiger partial charge in [0.2, 0.25) is 5.66 Å². The molecule has 0 saturated heterocycles. The van der Waals surface area contributed by atoms with Gasteiger partial charge in [-0.05, 0) is 25.5 Å². The Morgan fingerprint density at radius 1 is 1.27 bits per heavy atom. The molecule has 1 unspecified atom stereocenters. The van der Waals surface area contributed by atoms with Gasteiger partial charge in [-0.15, -0.1) is 0 Å². The van der Waals surface area contributed by atoms with Crippen molar-refractivity contribution >= 4 is 13.9 Å². The van der Waals surface area contributed by atoms with E-state index in [9.17, 15) is 30.1 Å². The summed E-state index contributed by atoms with van der Waals surface area (Å²) in [6.07, 6.45) is -0.544. The molecule has 0 saturated carbocycles. The van der Waals surface area contributed by atoms with Gasteiger partial charge in [-0.1, -0.05) is 5.75 Å². The summed E-state index contributed by atoms with van der Waals surface area (Å²) in [6, 6.07) is 1.74. The number of benzene rings is 1. The molecule has 0 bridgehead atoms. The monoisotopic (exact) mass is 333 g/mol. The molecular weight excluding hydrogens is 315 g/mol. The molecule has 0 aliphatic carbocycles. The average Bonchev–Trinajstić information content (AvgIpc) is 2.37. The number of aromatic hydroxyl groups is 2. The zero-order valence-electron chi connectivity index (χ0n) is 12.2. The molecule has 0 aliphatic rings. The summed E-state index contributed by atoms with van der Waals surface area (Å²) in [4.78, 5) is 24.0. The zero-order valence-corrected chi connectivity index (χ0v) is 13.1. The van der Waals surface area contributed by atoms with Crippen molar-refractivity contribution in [2.24, 2.45) is 0 Å². The molecule has 1 rings (SSSR count). The van der Waals surface area contributed by atoms with Crippen molar-refractivity contribution in [2.75, 3.05) is 13.2 Å². The van der Waals surface area contributed by atoms with Crippen molar-refractivity contribution in [3.63, 3.8) is 0 Å². The van der Waals surface area contributed by atoms with Crippen LogP contribution in [0.15, 0.2) is 12.1 Å². The van der Waals surface area contributed by atoms with E-state index in [1.807, 2.05) is 0 Å². The topological polar surface area (TPSA) is 142 Å². The van der Waals surface area contributed by atoms with Crippen LogP contribution in [-0.2, 0) is 20.3 Å². The maximum Gasteiger partial charge on any atom is 0.350 e. The SMILES string of the molecule is CCO[P+]([O-])(OCC)C(Cc1c([O-])cc(O)cc1O)C(=O)O. The highest BCUT2D eigenvalue weighted by Gasteiger charge is 2.46. The Hall–Kier alpha value is -1.60. The van der Waals surface area contributed by atoms with Gasteiger partial charge in [-0.2, -0.15) is 0 Å². The summed E-state index contributed by atoms with van der Waals surface area (Å²) >= 11 is 0. The third kappa shape index (κ3) is 4.20. The number of rotatable bonds is 8. The van der Waals surface area contributed by atoms with Crippen LogP contribution in [0, 0.1) is 0 Å². The van der Waals surface area contributed by atoms with E-state index in [2.05, 4.69) is 0 Å². The lowest BCUT2D eigenvalue weighted by atomic mass is 10.1. The Morgan fingerprint density at radius 3 is 2.23 bits per heavy atom. The predicted octanol–water partition coefficient (Wildman–Crippen LogP) is 0.363. The van der Waals surface area contributed by atoms with E-state index in [4.69, 9.17) is 9.05 Å². The third-order valence-corrected chi connectivity index (χ3v) is 5.26. The molecule has 0 amide bonds. The van der Waals surface area contributed by atoms with Crippen LogP contribution in [0.5, 0.6) is 17.2 Å². The van der Waals surface area contributed by atoms with Crippen LogP contribution >= 0.6 is 7.94 Å². The smallest absolute Gasteiger partial charge is 0.350 e. The number of carboxylic acids is 1. The molecule has 0 aromatic heterocycles. The lowest BCUT2D eigenvalue weighted by Crippen LogP contribution is -2.35. The number of hydrogen-bond acceptors (Lipinski definition) is 7. The number of carbonyl (C=O) groups is 1. The standard InChI is InChI=1S/C13H19O8P/c1-3-20-22(19,21-4-2)12(13(17)18)7-9-10(15)5-8(14)6-11(9)16/h5-6,12,14-16H,3-4,7H2,1-2H3,(H,17,18)/p-1. The van der Waals surface area contributed by atoms with Gasteiger partial charge in [0, 0.05) is 12.5 Å². The van der Waals surface area contributed by atoms with E-state index in [0.717, 1.165) is 12.1 Å². The first-order valence-corrected chi connectivity index (χ1v) is 8.19. The van der Waals surface area contributed by atoms with Gasteiger partial charge in [0.1, 0.15) is 11.5 Å². The highest BCUT2D eigenvalue weighted by molar-refractivity contribution is 7.61. The molecule has 124 valence electrons. The number of phenolic OH excluding ortho intramolecular Hbond substituents is 2. The summed E-state index contributed by atoms with van der Waals surface area (Å²) in [6.45, 7) is 2.99. The van der Waals surface area contributed by atoms with Crippen molar-refractivity contribution in [1.29, 1.82) is 0 Å². The number of carboxylic acid groups (broad SMARTS) is 1. The third-order valence-electron chi connectivity index (χ3n) is 2.85. The maximum atomic E-state index is 12.6. The maximum absolute atomic E-state index is 12.6. The van der Waals surface area contributed by atoms with Gasteiger partial charge in [-0.3, -0.25) is 0 Å². The summed E-state index contributed by atoms with van der Waals surface area (Å²) in [7, 11) is -4.01. The van der Waals surface area contributed by atoms with Crippen molar-refractivity contribution in [3.05, 3.63) is 17.7 Å². The van der Waals surface area contributed by atoms with E-state index in [0.29, 0.717) is 0 Å². The average molecular weight is 333 g/mol. The van der Waals surface area contributed by atoms with E-state index in [1.165, 1.54) is 13.8 Å². The molecular formula is C13H18O8P-. The van der Waals surface area contributed by atoms with Crippen LogP contribution < -0.4 is 10.00 Å². The number of phenols is 2. The van der Waals surface area contributed by atoms with E-state index >= 15 is 0 Å². The fourth-order valence-electron chi connectivity index (χ4n) is 1.93. The normalized spacial score (nSPS) is 13.0. The quantitative estimate of drug-likeness (QED) is 0.579. The van der Waals surface area contributed by atoms with E-state index < -0.39 is 43.2 Å². The molecule has 1 atom stereocenters. The molecule has 0 aliphatic heterocycles. The highest BCUT2D eigenvalue weighted by Crippen LogP contribution is 2.58. The molecule has 0 fully saturated rings. The van der Waals surface area contributed by atoms with Crippen molar-refractivity contribution < 1.29 is 39.2 Å². The number of aliphatic carboxylic acids is 1. The molecule has 1 aromatic carbocycles. The molecule has 0 radical (unpaired) electrons. The molecule has 8 nitrogen and oxygen atoms in total. The minimum atomic E-state index is -4.01. The second kappa shape index (κ2) is 7.60. The van der Waals surface area contributed by atoms with E-state index in [-0.39, 0.29) is 18.8 Å². The minimum Gasteiger partial charge on any atom is -0.872 e. The second-order valence-corrected chi connectivity index (χ2v) is 6.59. The van der Waals surface area contributed by atoms with Crippen LogP contribution in [0.2, 0.25) is 0 Å². The Balaban J connectivity index is 3.20. The second-order valence-electron chi connectivity index (χ2n) is 4.38. The zero-order chi connectivity index (χ0) is 16.9. The Kier molecular flexibility index (Phi) is 6.37. The minimum absolute atomic E-state index is 0.0349. The van der Waals surface area contributed by atoms with Gasteiger partial charge in [-0.25, -0.2) is 13.8 Å². The number of hydrogen-bond donors (Lipinski definition) is 3. The van der Waals surface area contributed by atoms with Gasteiger partial charge in [0.25, 0.3) is 7.94 Å². The fourth-order valence-corrected chi connectivity index (χ4v) is 3.76. The lowest BCUT2D eigenvalue weighted by molar-refractivity contribution is -0.269. The lowest BCUT2D eigenvalue weighted by Gasteiger charge is -2.32. The van der Waals surface area contributed by atoms with Crippen LogP contribution in [0.3, 0.4) is 0 Å². The molecule has 22 heavy (non-hydrogen) atoms. The summed E-state index contributed by atoms with van der Waals surface area (Å²) < 4.78 is 9.98. The first-order chi connectivity index (χ1) is 10.2. The molecule has 3 N–H and O–H groups in total. The molecule has 0 spiro atoms. The molecule has 1 aromatic rings. The fraction of sp³-hybridized carbons (Fsp3) is 0.462. The van der Waals surface area contributed by atoms with Crippen LogP contribution in [-0.4, -0.2) is 40.2 Å². The first kappa shape index (κ1) is 18.4. The summed E-state index contributed by atoms with van der Waals surface area (Å²) in [5.74, 6) is -3.26. The van der Waals surface area contributed by atoms with Crippen LogP contribution in [0.4, 0.5) is 0 Å². The Morgan fingerprint density at radius 2 is 1.82 bits per heavy atom. The predicted molar refractivity (Wildman–Crippen MR) is 74.5 cm³/mol. The molecule has 0 heterocycles. The van der Waals surface area contributed by atoms with Crippen LogP contribution in [0.1, 0.15) is 19.4 Å². The Bertz CT molecular complexity index is 504. The summed E-state index contributed by atoms with van der Waals surface area (Å²) in [5, 5.41) is 40.0. The van der Waals surface area contributed by atoms with Gasteiger partial charge in [0.05, 0.1) is 13.2 Å². The Labute approximate surface area is 128 Å². The highest BCUT2D eigenvalue weighted by atomic mass is 31.2. The van der Waals surface area contributed by atoms with Gasteiger partial charge < -0.3 is 25.3 Å². The summed E-state index contributed by atoms with van der Waals surface area (Å²) in [5.41, 5.74) is -1.92. The largest absolute Gasteiger partial charge is 0.872 e. The van der Waals surface area contributed by atoms with Crippen molar-refractivity contribution in [1.82, 2.24) is 0 Å². The first-order valence-electron chi connectivity index (χ1n) is 6.58. The van der Waals surface area contributed by atoms with Crippen molar-refractivity contribution in [3.8, 4) is 17.2 Å². The van der Waals surface area contributed by atoms with Crippen LogP contribution in [0.25, 0.3) is 0 Å². The van der Waals surface area contributed by atoms with Gasteiger partial charge >= 0.3 is 5.97 Å².